The molecule has 0 saturated carbocycles. The molecule has 2 N–H and O–H groups in total. The van der Waals surface area contributed by atoms with Crippen LogP contribution in [0.3, 0.4) is 0 Å². The van der Waals surface area contributed by atoms with Gasteiger partial charge in [-0.3, -0.25) is 0 Å². The Morgan fingerprint density at radius 2 is 2.00 bits per heavy atom. The van der Waals surface area contributed by atoms with Gasteiger partial charge in [-0.05, 0) is 37.5 Å². The molecule has 17 heavy (non-hydrogen) atoms. The fraction of sp³-hybridized carbons (Fsp3) is 0.538. The maximum Gasteiger partial charge on any atom is 0.0772 e. The first kappa shape index (κ1) is 12.9. The Morgan fingerprint density at radius 1 is 1.35 bits per heavy atom. The van der Waals surface area contributed by atoms with Gasteiger partial charge in [0.15, 0.2) is 0 Å². The second kappa shape index (κ2) is 5.38. The maximum absolute atomic E-state index is 9.56. The molecule has 0 aromatic heterocycles. The zero-order valence-corrected chi connectivity index (χ0v) is 11.5. The van der Waals surface area contributed by atoms with E-state index in [-0.39, 0.29) is 6.10 Å². The number of aliphatic hydroxyl groups is 2. The molecule has 1 aliphatic rings. The fourth-order valence-corrected chi connectivity index (χ4v) is 2.87. The molecule has 1 saturated heterocycles. The van der Waals surface area contributed by atoms with Crippen LogP contribution in [0.15, 0.2) is 22.7 Å². The molecular weight excluding hydrogens is 282 g/mol. The summed E-state index contributed by atoms with van der Waals surface area (Å²) in [6.07, 6.45) is 1.05. The molecule has 1 aromatic carbocycles. The van der Waals surface area contributed by atoms with Crippen molar-refractivity contribution >= 4 is 21.6 Å². The first-order valence-electron chi connectivity index (χ1n) is 5.98. The molecule has 1 aromatic rings. The highest BCUT2D eigenvalue weighted by molar-refractivity contribution is 9.10. The summed E-state index contributed by atoms with van der Waals surface area (Å²) in [5.74, 6) is 0. The molecule has 0 spiro atoms. The van der Waals surface area contributed by atoms with Gasteiger partial charge in [-0.25, -0.2) is 0 Å². The van der Waals surface area contributed by atoms with Crippen LogP contribution in [0.4, 0.5) is 5.69 Å². The number of aliphatic hydroxyl groups excluding tert-OH is 2. The largest absolute Gasteiger partial charge is 0.393 e. The quantitative estimate of drug-likeness (QED) is 0.882. The zero-order chi connectivity index (χ0) is 12.4. The molecule has 0 radical (unpaired) electrons. The molecule has 0 amide bonds. The number of hydrogen-bond donors (Lipinski definition) is 2. The Labute approximate surface area is 110 Å². The van der Waals surface area contributed by atoms with Gasteiger partial charge in [0.1, 0.15) is 0 Å². The number of hydrogen-bond acceptors (Lipinski definition) is 3. The lowest BCUT2D eigenvalue weighted by molar-refractivity contribution is 0.145. The van der Waals surface area contributed by atoms with Crippen LogP contribution in [0.25, 0.3) is 0 Å². The molecule has 0 unspecified atom stereocenters. The van der Waals surface area contributed by atoms with Crippen molar-refractivity contribution in [2.24, 2.45) is 0 Å². The molecule has 1 heterocycles. The fourth-order valence-electron chi connectivity index (χ4n) is 2.18. The Hall–Kier alpha value is -0.580. The highest BCUT2D eigenvalue weighted by Crippen LogP contribution is 2.29. The molecule has 0 aliphatic carbocycles. The third kappa shape index (κ3) is 3.00. The number of piperidine rings is 1. The van der Waals surface area contributed by atoms with Crippen molar-refractivity contribution in [2.75, 3.05) is 18.0 Å². The lowest BCUT2D eigenvalue weighted by Crippen LogP contribution is -2.35. The van der Waals surface area contributed by atoms with E-state index in [1.807, 2.05) is 18.2 Å². The molecule has 94 valence electrons. The number of halogens is 1. The van der Waals surface area contributed by atoms with Crippen molar-refractivity contribution < 1.29 is 10.2 Å². The number of anilines is 1. The molecule has 1 fully saturated rings. The summed E-state index contributed by atoms with van der Waals surface area (Å²) in [7, 11) is 0. The SMILES string of the molecule is C[C@@H](O)c1ccc(N2CCC(O)CC2)cc1Br. The van der Waals surface area contributed by atoms with E-state index in [4.69, 9.17) is 0 Å². The van der Waals surface area contributed by atoms with E-state index in [0.29, 0.717) is 0 Å². The van der Waals surface area contributed by atoms with Crippen LogP contribution in [0.5, 0.6) is 0 Å². The van der Waals surface area contributed by atoms with E-state index in [1.54, 1.807) is 6.92 Å². The van der Waals surface area contributed by atoms with Crippen LogP contribution in [0, 0.1) is 0 Å². The van der Waals surface area contributed by atoms with Crippen molar-refractivity contribution in [1.29, 1.82) is 0 Å². The molecular formula is C13H18BrNO2. The second-order valence-electron chi connectivity index (χ2n) is 4.60. The third-order valence-corrected chi connectivity index (χ3v) is 3.95. The first-order chi connectivity index (χ1) is 8.08. The number of rotatable bonds is 2. The normalized spacial score (nSPS) is 19.4. The van der Waals surface area contributed by atoms with E-state index < -0.39 is 6.10 Å². The van der Waals surface area contributed by atoms with Crippen molar-refractivity contribution in [3.8, 4) is 0 Å². The summed E-state index contributed by atoms with van der Waals surface area (Å²) >= 11 is 3.49. The summed E-state index contributed by atoms with van der Waals surface area (Å²) in [4.78, 5) is 2.27. The van der Waals surface area contributed by atoms with Crippen LogP contribution >= 0.6 is 15.9 Å². The van der Waals surface area contributed by atoms with Crippen molar-refractivity contribution in [3.63, 3.8) is 0 Å². The Kier molecular flexibility index (Phi) is 4.07. The zero-order valence-electron chi connectivity index (χ0n) is 9.93. The van der Waals surface area contributed by atoms with Gasteiger partial charge in [-0.1, -0.05) is 22.0 Å². The molecule has 4 heteroatoms. The van der Waals surface area contributed by atoms with E-state index in [2.05, 4.69) is 20.8 Å². The van der Waals surface area contributed by atoms with Gasteiger partial charge < -0.3 is 15.1 Å². The van der Waals surface area contributed by atoms with Crippen molar-refractivity contribution in [2.45, 2.75) is 32.0 Å². The van der Waals surface area contributed by atoms with Crippen LogP contribution in [-0.2, 0) is 0 Å². The topological polar surface area (TPSA) is 43.7 Å². The Morgan fingerprint density at radius 3 is 2.53 bits per heavy atom. The Bertz CT molecular complexity index is 387. The van der Waals surface area contributed by atoms with Gasteiger partial charge in [-0.15, -0.1) is 0 Å². The lowest BCUT2D eigenvalue weighted by atomic mass is 10.1. The van der Waals surface area contributed by atoms with E-state index in [9.17, 15) is 10.2 Å². The van der Waals surface area contributed by atoms with Gasteiger partial charge in [0, 0.05) is 23.2 Å². The van der Waals surface area contributed by atoms with E-state index >= 15 is 0 Å². The standard InChI is InChI=1S/C13H18BrNO2/c1-9(16)12-3-2-10(8-13(12)14)15-6-4-11(17)5-7-15/h2-3,8-9,11,16-17H,4-7H2,1H3/t9-/m1/s1. The van der Waals surface area contributed by atoms with Gasteiger partial charge in [0.25, 0.3) is 0 Å². The summed E-state index contributed by atoms with van der Waals surface area (Å²) < 4.78 is 0.941. The summed E-state index contributed by atoms with van der Waals surface area (Å²) in [6, 6.07) is 6.03. The summed E-state index contributed by atoms with van der Waals surface area (Å²) in [5.41, 5.74) is 2.05. The minimum Gasteiger partial charge on any atom is -0.393 e. The van der Waals surface area contributed by atoms with Gasteiger partial charge in [-0.2, -0.15) is 0 Å². The van der Waals surface area contributed by atoms with Crippen LogP contribution in [0.1, 0.15) is 31.4 Å². The highest BCUT2D eigenvalue weighted by Gasteiger charge is 2.18. The maximum atomic E-state index is 9.56. The molecule has 2 rings (SSSR count). The van der Waals surface area contributed by atoms with E-state index in [1.165, 1.54) is 0 Å². The number of nitrogens with zero attached hydrogens (tertiary/aromatic N) is 1. The third-order valence-electron chi connectivity index (χ3n) is 3.26. The smallest absolute Gasteiger partial charge is 0.0772 e. The van der Waals surface area contributed by atoms with Crippen LogP contribution in [0.2, 0.25) is 0 Å². The Balaban J connectivity index is 2.14. The molecule has 1 atom stereocenters. The average molecular weight is 300 g/mol. The molecule has 1 aliphatic heterocycles. The van der Waals surface area contributed by atoms with Crippen LogP contribution < -0.4 is 4.90 Å². The van der Waals surface area contributed by atoms with Gasteiger partial charge in [0.05, 0.1) is 12.2 Å². The predicted octanol–water partition coefficient (Wildman–Crippen LogP) is 2.46. The summed E-state index contributed by atoms with van der Waals surface area (Å²) in [5, 5.41) is 19.0. The summed E-state index contributed by atoms with van der Waals surface area (Å²) in [6.45, 7) is 3.54. The molecule has 3 nitrogen and oxygen atoms in total. The predicted molar refractivity (Wildman–Crippen MR) is 72.2 cm³/mol. The second-order valence-corrected chi connectivity index (χ2v) is 5.45. The monoisotopic (exact) mass is 299 g/mol. The average Bonchev–Trinajstić information content (AvgIpc) is 2.29. The molecule has 0 bridgehead atoms. The minimum atomic E-state index is -0.457. The van der Waals surface area contributed by atoms with Crippen LogP contribution in [-0.4, -0.2) is 29.4 Å². The van der Waals surface area contributed by atoms with Gasteiger partial charge >= 0.3 is 0 Å². The number of benzene rings is 1. The lowest BCUT2D eigenvalue weighted by Gasteiger charge is -2.31. The van der Waals surface area contributed by atoms with Gasteiger partial charge in [0.2, 0.25) is 0 Å². The minimum absolute atomic E-state index is 0.147. The van der Waals surface area contributed by atoms with E-state index in [0.717, 1.165) is 41.7 Å². The van der Waals surface area contributed by atoms with Crippen molar-refractivity contribution in [3.05, 3.63) is 28.2 Å². The first-order valence-corrected chi connectivity index (χ1v) is 6.77. The van der Waals surface area contributed by atoms with Crippen molar-refractivity contribution in [1.82, 2.24) is 0 Å². The highest BCUT2D eigenvalue weighted by atomic mass is 79.9.